The number of tetrazole rings is 1. The molecule has 0 aliphatic carbocycles. The van der Waals surface area contributed by atoms with Crippen LogP contribution in [0.25, 0.3) is 5.69 Å². The van der Waals surface area contributed by atoms with Crippen LogP contribution in [-0.4, -0.2) is 30.0 Å². The zero-order valence-electron chi connectivity index (χ0n) is 12.1. The molecule has 0 amide bonds. The molecule has 0 fully saturated rings. The molecule has 3 rings (SSSR count). The first kappa shape index (κ1) is 13.4. The molecule has 0 bridgehead atoms. The molecule has 0 aliphatic rings. The van der Waals surface area contributed by atoms with Crippen LogP contribution < -0.4 is 5.32 Å². The molecule has 0 saturated carbocycles. The summed E-state index contributed by atoms with van der Waals surface area (Å²) in [6.45, 7) is 3.38. The highest BCUT2D eigenvalue weighted by atomic mass is 15.5. The van der Waals surface area contributed by atoms with Crippen LogP contribution in [0.3, 0.4) is 0 Å². The van der Waals surface area contributed by atoms with E-state index in [1.807, 2.05) is 48.3 Å². The Morgan fingerprint density at radius 3 is 2.67 bits per heavy atom. The molecule has 0 atom stereocenters. The number of aryl methyl sites for hydroxylation is 1. The Bertz CT molecular complexity index is 714. The van der Waals surface area contributed by atoms with Gasteiger partial charge < -0.3 is 5.32 Å². The van der Waals surface area contributed by atoms with Crippen LogP contribution in [-0.2, 0) is 20.1 Å². The van der Waals surface area contributed by atoms with Crippen molar-refractivity contribution in [3.63, 3.8) is 0 Å². The number of para-hydroxylation sites is 1. The fourth-order valence-electron chi connectivity index (χ4n) is 2.11. The van der Waals surface area contributed by atoms with Gasteiger partial charge in [-0.25, -0.2) is 0 Å². The highest BCUT2D eigenvalue weighted by molar-refractivity contribution is 5.30. The van der Waals surface area contributed by atoms with Crippen molar-refractivity contribution in [2.24, 2.45) is 7.05 Å². The van der Waals surface area contributed by atoms with Gasteiger partial charge >= 0.3 is 0 Å². The van der Waals surface area contributed by atoms with Gasteiger partial charge in [0, 0.05) is 24.8 Å². The van der Waals surface area contributed by atoms with Crippen LogP contribution in [0.15, 0.2) is 36.5 Å². The number of nitrogens with zero attached hydrogens (tertiary/aromatic N) is 6. The first-order valence-electron chi connectivity index (χ1n) is 6.76. The van der Waals surface area contributed by atoms with E-state index < -0.39 is 0 Å². The van der Waals surface area contributed by atoms with E-state index in [-0.39, 0.29) is 0 Å². The third kappa shape index (κ3) is 2.82. The fourth-order valence-corrected chi connectivity index (χ4v) is 2.11. The van der Waals surface area contributed by atoms with E-state index in [0.29, 0.717) is 6.54 Å². The summed E-state index contributed by atoms with van der Waals surface area (Å²) in [4.78, 5) is 0. The average Bonchev–Trinajstić information content (AvgIpc) is 3.10. The first-order chi connectivity index (χ1) is 10.3. The van der Waals surface area contributed by atoms with E-state index in [1.165, 1.54) is 5.56 Å². The van der Waals surface area contributed by atoms with Gasteiger partial charge in [-0.05, 0) is 29.5 Å². The van der Waals surface area contributed by atoms with Gasteiger partial charge in [-0.15, -0.1) is 5.10 Å². The lowest BCUT2D eigenvalue weighted by Crippen LogP contribution is -2.17. The van der Waals surface area contributed by atoms with Gasteiger partial charge in [-0.2, -0.15) is 9.78 Å². The number of rotatable bonds is 5. The lowest BCUT2D eigenvalue weighted by molar-refractivity contribution is 0.638. The smallest absolute Gasteiger partial charge is 0.170 e. The zero-order valence-corrected chi connectivity index (χ0v) is 12.1. The van der Waals surface area contributed by atoms with Gasteiger partial charge in [-0.3, -0.25) is 4.68 Å². The maximum Gasteiger partial charge on any atom is 0.170 e. The third-order valence-corrected chi connectivity index (χ3v) is 3.47. The van der Waals surface area contributed by atoms with E-state index in [0.717, 1.165) is 23.8 Å². The Kier molecular flexibility index (Phi) is 3.74. The Morgan fingerprint density at radius 2 is 1.95 bits per heavy atom. The quantitative estimate of drug-likeness (QED) is 0.756. The standard InChI is InChI=1S/C14H17N7/c1-11-12(9-16-20(11)2)8-15-10-14-17-18-19-21(14)13-6-4-3-5-7-13/h3-7,9,15H,8,10H2,1-2H3. The van der Waals surface area contributed by atoms with Crippen LogP contribution >= 0.6 is 0 Å². The van der Waals surface area contributed by atoms with Crippen molar-refractivity contribution in [1.82, 2.24) is 35.3 Å². The van der Waals surface area contributed by atoms with Gasteiger partial charge in [-0.1, -0.05) is 18.2 Å². The minimum atomic E-state index is 0.593. The first-order valence-corrected chi connectivity index (χ1v) is 6.76. The summed E-state index contributed by atoms with van der Waals surface area (Å²) < 4.78 is 3.61. The van der Waals surface area contributed by atoms with Gasteiger partial charge in [0.2, 0.25) is 0 Å². The molecular formula is C14H17N7. The molecule has 1 N–H and O–H groups in total. The number of nitrogens with one attached hydrogen (secondary N) is 1. The minimum Gasteiger partial charge on any atom is -0.306 e. The highest BCUT2D eigenvalue weighted by Gasteiger charge is 2.08. The van der Waals surface area contributed by atoms with E-state index >= 15 is 0 Å². The SMILES string of the molecule is Cc1c(CNCc2nnnn2-c2ccccc2)cnn1C. The molecule has 108 valence electrons. The molecule has 2 aromatic heterocycles. The van der Waals surface area contributed by atoms with E-state index in [2.05, 4.69) is 32.9 Å². The third-order valence-electron chi connectivity index (χ3n) is 3.47. The van der Waals surface area contributed by atoms with Crippen molar-refractivity contribution >= 4 is 0 Å². The topological polar surface area (TPSA) is 73.5 Å². The van der Waals surface area contributed by atoms with Crippen molar-refractivity contribution < 1.29 is 0 Å². The molecular weight excluding hydrogens is 266 g/mol. The van der Waals surface area contributed by atoms with Crippen molar-refractivity contribution in [2.45, 2.75) is 20.0 Å². The highest BCUT2D eigenvalue weighted by Crippen LogP contribution is 2.08. The van der Waals surface area contributed by atoms with Crippen LogP contribution in [0, 0.1) is 6.92 Å². The molecule has 2 heterocycles. The molecule has 0 spiro atoms. The zero-order chi connectivity index (χ0) is 14.7. The molecule has 7 nitrogen and oxygen atoms in total. The van der Waals surface area contributed by atoms with Gasteiger partial charge in [0.05, 0.1) is 18.4 Å². The predicted molar refractivity (Wildman–Crippen MR) is 77.6 cm³/mol. The number of benzene rings is 1. The molecule has 0 aliphatic heterocycles. The van der Waals surface area contributed by atoms with Gasteiger partial charge in [0.1, 0.15) is 0 Å². The molecule has 3 aromatic rings. The van der Waals surface area contributed by atoms with Crippen molar-refractivity contribution in [1.29, 1.82) is 0 Å². The molecule has 7 heteroatoms. The van der Waals surface area contributed by atoms with E-state index in [4.69, 9.17) is 0 Å². The van der Waals surface area contributed by atoms with Crippen molar-refractivity contribution in [3.05, 3.63) is 53.6 Å². The Morgan fingerprint density at radius 1 is 1.14 bits per heavy atom. The lowest BCUT2D eigenvalue weighted by atomic mass is 10.2. The Hall–Kier alpha value is -2.54. The van der Waals surface area contributed by atoms with E-state index in [1.54, 1.807) is 4.68 Å². The number of hydrogen-bond acceptors (Lipinski definition) is 5. The summed E-state index contributed by atoms with van der Waals surface area (Å²) in [7, 11) is 1.94. The monoisotopic (exact) mass is 283 g/mol. The maximum absolute atomic E-state index is 4.23. The van der Waals surface area contributed by atoms with Gasteiger partial charge in [0.15, 0.2) is 5.82 Å². The second-order valence-electron chi connectivity index (χ2n) is 4.82. The molecule has 1 aromatic carbocycles. The largest absolute Gasteiger partial charge is 0.306 e. The summed E-state index contributed by atoms with van der Waals surface area (Å²) in [5.74, 6) is 0.780. The van der Waals surface area contributed by atoms with Gasteiger partial charge in [0.25, 0.3) is 0 Å². The number of aromatic nitrogens is 6. The normalized spacial score (nSPS) is 11.0. The summed E-state index contributed by atoms with van der Waals surface area (Å²) in [6, 6.07) is 9.85. The fraction of sp³-hybridized carbons (Fsp3) is 0.286. The second kappa shape index (κ2) is 5.84. The maximum atomic E-state index is 4.23. The Balaban J connectivity index is 1.67. The predicted octanol–water partition coefficient (Wildman–Crippen LogP) is 0.994. The van der Waals surface area contributed by atoms with Crippen LogP contribution in [0.1, 0.15) is 17.1 Å². The van der Waals surface area contributed by atoms with E-state index in [9.17, 15) is 0 Å². The van der Waals surface area contributed by atoms with Crippen LogP contribution in [0.2, 0.25) is 0 Å². The average molecular weight is 283 g/mol. The summed E-state index contributed by atoms with van der Waals surface area (Å²) in [5.41, 5.74) is 3.29. The van der Waals surface area contributed by atoms with Crippen molar-refractivity contribution in [2.75, 3.05) is 0 Å². The molecule has 0 radical (unpaired) electrons. The molecule has 0 unspecified atom stereocenters. The summed E-state index contributed by atoms with van der Waals surface area (Å²) in [6.07, 6.45) is 1.88. The van der Waals surface area contributed by atoms with Crippen LogP contribution in [0.4, 0.5) is 0 Å². The Labute approximate surface area is 122 Å². The number of hydrogen-bond donors (Lipinski definition) is 1. The summed E-state index contributed by atoms with van der Waals surface area (Å²) >= 11 is 0. The summed E-state index contributed by atoms with van der Waals surface area (Å²) in [5, 5.41) is 19.4. The lowest BCUT2D eigenvalue weighted by Gasteiger charge is -2.06. The van der Waals surface area contributed by atoms with Crippen LogP contribution in [0.5, 0.6) is 0 Å². The minimum absolute atomic E-state index is 0.593. The second-order valence-corrected chi connectivity index (χ2v) is 4.82. The molecule has 0 saturated heterocycles. The molecule has 21 heavy (non-hydrogen) atoms. The van der Waals surface area contributed by atoms with Crippen molar-refractivity contribution in [3.8, 4) is 5.69 Å².